The van der Waals surface area contributed by atoms with Crippen molar-refractivity contribution in [2.24, 2.45) is 5.73 Å². The van der Waals surface area contributed by atoms with E-state index in [9.17, 15) is 4.79 Å². The number of hydrogen-bond donors (Lipinski definition) is 2. The minimum atomic E-state index is -0.366. The Morgan fingerprint density at radius 1 is 1.29 bits per heavy atom. The van der Waals surface area contributed by atoms with Crippen LogP contribution in [0.15, 0.2) is 42.6 Å². The standard InChI is InChI=1S/C18H20N4O2/c1-20-10-13-6-7-15(9-16(13)24-2)22-11-14-5-3-4-12(8-17(19)23)18(14)21-22/h3-7,9,11,20H,8,10H2,1-2H3,(H2,19,23). The fraction of sp³-hybridized carbons (Fsp3) is 0.222. The Morgan fingerprint density at radius 3 is 2.83 bits per heavy atom. The molecule has 1 aromatic heterocycles. The smallest absolute Gasteiger partial charge is 0.221 e. The van der Waals surface area contributed by atoms with Crippen molar-refractivity contribution < 1.29 is 9.53 Å². The molecule has 0 aliphatic rings. The van der Waals surface area contributed by atoms with Crippen LogP contribution in [-0.4, -0.2) is 29.8 Å². The van der Waals surface area contributed by atoms with Crippen LogP contribution in [0.4, 0.5) is 0 Å². The Labute approximate surface area is 140 Å². The molecule has 0 spiro atoms. The Hall–Kier alpha value is -2.86. The van der Waals surface area contributed by atoms with Gasteiger partial charge in [0.15, 0.2) is 0 Å². The van der Waals surface area contributed by atoms with Crippen LogP contribution in [0.25, 0.3) is 16.6 Å². The highest BCUT2D eigenvalue weighted by Crippen LogP contribution is 2.25. The van der Waals surface area contributed by atoms with E-state index < -0.39 is 0 Å². The Balaban J connectivity index is 2.05. The van der Waals surface area contributed by atoms with Crippen LogP contribution in [0.2, 0.25) is 0 Å². The van der Waals surface area contributed by atoms with Crippen molar-refractivity contribution in [3.8, 4) is 11.4 Å². The molecule has 6 nitrogen and oxygen atoms in total. The molecule has 124 valence electrons. The highest BCUT2D eigenvalue weighted by Gasteiger charge is 2.11. The highest BCUT2D eigenvalue weighted by atomic mass is 16.5. The molecular weight excluding hydrogens is 304 g/mol. The third kappa shape index (κ3) is 3.09. The molecule has 0 atom stereocenters. The summed E-state index contributed by atoms with van der Waals surface area (Å²) >= 11 is 0. The van der Waals surface area contributed by atoms with Crippen molar-refractivity contribution in [3.05, 3.63) is 53.7 Å². The second-order valence-electron chi connectivity index (χ2n) is 5.60. The van der Waals surface area contributed by atoms with Crippen molar-refractivity contribution in [3.63, 3.8) is 0 Å². The number of aromatic nitrogens is 2. The van der Waals surface area contributed by atoms with Gasteiger partial charge in [-0.3, -0.25) is 4.79 Å². The van der Waals surface area contributed by atoms with E-state index in [2.05, 4.69) is 10.4 Å². The largest absolute Gasteiger partial charge is 0.496 e. The van der Waals surface area contributed by atoms with E-state index in [0.29, 0.717) is 0 Å². The van der Waals surface area contributed by atoms with Crippen LogP contribution in [0.1, 0.15) is 11.1 Å². The molecule has 1 heterocycles. The van der Waals surface area contributed by atoms with E-state index >= 15 is 0 Å². The van der Waals surface area contributed by atoms with Crippen molar-refractivity contribution >= 4 is 16.8 Å². The number of nitrogens with two attached hydrogens (primary N) is 1. The molecule has 3 aromatic rings. The lowest BCUT2D eigenvalue weighted by Crippen LogP contribution is -2.13. The third-order valence-corrected chi connectivity index (χ3v) is 3.89. The van der Waals surface area contributed by atoms with E-state index in [1.54, 1.807) is 11.8 Å². The van der Waals surface area contributed by atoms with Crippen molar-refractivity contribution in [2.45, 2.75) is 13.0 Å². The van der Waals surface area contributed by atoms with Crippen LogP contribution in [0, 0.1) is 0 Å². The van der Waals surface area contributed by atoms with E-state index in [1.807, 2.05) is 49.6 Å². The average molecular weight is 324 g/mol. The van der Waals surface area contributed by atoms with Crippen molar-refractivity contribution in [2.75, 3.05) is 14.2 Å². The van der Waals surface area contributed by atoms with Crippen LogP contribution in [0.5, 0.6) is 5.75 Å². The first kappa shape index (κ1) is 16.0. The molecule has 24 heavy (non-hydrogen) atoms. The summed E-state index contributed by atoms with van der Waals surface area (Å²) in [7, 11) is 3.55. The number of methoxy groups -OCH3 is 1. The zero-order valence-corrected chi connectivity index (χ0v) is 13.7. The Bertz CT molecular complexity index is 886. The Kier molecular flexibility index (Phi) is 4.48. The first-order valence-electron chi connectivity index (χ1n) is 7.70. The number of amides is 1. The lowest BCUT2D eigenvalue weighted by molar-refractivity contribution is -0.117. The maximum atomic E-state index is 11.2. The number of carbonyl (C=O) groups is 1. The first-order chi connectivity index (χ1) is 11.6. The van der Waals surface area contributed by atoms with Gasteiger partial charge in [-0.2, -0.15) is 5.10 Å². The van der Waals surface area contributed by atoms with Crippen molar-refractivity contribution in [1.82, 2.24) is 15.1 Å². The van der Waals surface area contributed by atoms with E-state index in [1.165, 1.54) is 0 Å². The van der Waals surface area contributed by atoms with Gasteiger partial charge in [0.1, 0.15) is 5.75 Å². The van der Waals surface area contributed by atoms with Gasteiger partial charge < -0.3 is 15.8 Å². The number of ether oxygens (including phenoxy) is 1. The number of nitrogens with zero attached hydrogens (tertiary/aromatic N) is 2. The predicted molar refractivity (Wildman–Crippen MR) is 93.3 cm³/mol. The lowest BCUT2D eigenvalue weighted by Gasteiger charge is -2.10. The average Bonchev–Trinajstić information content (AvgIpc) is 3.00. The minimum Gasteiger partial charge on any atom is -0.496 e. The summed E-state index contributed by atoms with van der Waals surface area (Å²) in [5, 5.41) is 8.71. The molecule has 0 saturated heterocycles. The summed E-state index contributed by atoms with van der Waals surface area (Å²) in [6, 6.07) is 11.7. The van der Waals surface area contributed by atoms with Gasteiger partial charge in [-0.1, -0.05) is 24.3 Å². The fourth-order valence-corrected chi connectivity index (χ4v) is 2.78. The number of carbonyl (C=O) groups excluding carboxylic acids is 1. The topological polar surface area (TPSA) is 82.2 Å². The second kappa shape index (κ2) is 6.72. The van der Waals surface area contributed by atoms with Gasteiger partial charge in [0.25, 0.3) is 0 Å². The highest BCUT2D eigenvalue weighted by molar-refractivity contribution is 5.87. The number of nitrogens with one attached hydrogen (secondary N) is 1. The Morgan fingerprint density at radius 2 is 2.12 bits per heavy atom. The molecule has 0 radical (unpaired) electrons. The molecule has 0 bridgehead atoms. The predicted octanol–water partition coefficient (Wildman–Crippen LogP) is 1.78. The summed E-state index contributed by atoms with van der Waals surface area (Å²) in [4.78, 5) is 11.2. The molecule has 0 aliphatic carbocycles. The zero-order chi connectivity index (χ0) is 17.1. The summed E-state index contributed by atoms with van der Waals surface area (Å²) in [6.07, 6.45) is 2.12. The molecule has 2 aromatic carbocycles. The maximum absolute atomic E-state index is 11.2. The summed E-state index contributed by atoms with van der Waals surface area (Å²) in [6.45, 7) is 0.729. The molecule has 0 fully saturated rings. The number of fused-ring (bicyclic) bond motifs is 1. The fourth-order valence-electron chi connectivity index (χ4n) is 2.78. The molecule has 0 aliphatic heterocycles. The minimum absolute atomic E-state index is 0.179. The number of benzene rings is 2. The van der Waals surface area contributed by atoms with E-state index in [-0.39, 0.29) is 12.3 Å². The lowest BCUT2D eigenvalue weighted by atomic mass is 10.1. The molecule has 6 heteroatoms. The molecular formula is C18H20N4O2. The molecule has 3 N–H and O–H groups in total. The number of primary amides is 1. The van der Waals surface area contributed by atoms with Gasteiger partial charge in [0.2, 0.25) is 5.91 Å². The summed E-state index contributed by atoms with van der Waals surface area (Å²) in [5.41, 5.74) is 8.91. The van der Waals surface area contributed by atoms with Crippen LogP contribution in [-0.2, 0) is 17.8 Å². The molecule has 0 unspecified atom stereocenters. The first-order valence-corrected chi connectivity index (χ1v) is 7.70. The van der Waals surface area contributed by atoms with Crippen molar-refractivity contribution in [1.29, 1.82) is 0 Å². The zero-order valence-electron chi connectivity index (χ0n) is 13.7. The quantitative estimate of drug-likeness (QED) is 0.724. The molecule has 1 amide bonds. The second-order valence-corrected chi connectivity index (χ2v) is 5.60. The van der Waals surface area contributed by atoms with E-state index in [0.717, 1.165) is 40.0 Å². The third-order valence-electron chi connectivity index (χ3n) is 3.89. The van der Waals surface area contributed by atoms with Gasteiger partial charge in [-0.15, -0.1) is 0 Å². The summed E-state index contributed by atoms with van der Waals surface area (Å²) < 4.78 is 7.26. The summed E-state index contributed by atoms with van der Waals surface area (Å²) in [5.74, 6) is 0.439. The van der Waals surface area contributed by atoms with Gasteiger partial charge in [-0.25, -0.2) is 4.68 Å². The van der Waals surface area contributed by atoms with Gasteiger partial charge in [-0.05, 0) is 18.7 Å². The SMILES string of the molecule is CNCc1ccc(-n2cc3cccc(CC(N)=O)c3n2)cc1OC. The van der Waals surface area contributed by atoms with Gasteiger partial charge in [0, 0.05) is 29.8 Å². The monoisotopic (exact) mass is 324 g/mol. The van der Waals surface area contributed by atoms with Crippen LogP contribution < -0.4 is 15.8 Å². The molecule has 3 rings (SSSR count). The van der Waals surface area contributed by atoms with Gasteiger partial charge >= 0.3 is 0 Å². The number of hydrogen-bond acceptors (Lipinski definition) is 4. The molecule has 0 saturated carbocycles. The number of rotatable bonds is 6. The maximum Gasteiger partial charge on any atom is 0.221 e. The van der Waals surface area contributed by atoms with E-state index in [4.69, 9.17) is 10.5 Å². The van der Waals surface area contributed by atoms with Gasteiger partial charge in [0.05, 0.1) is 24.7 Å². The van der Waals surface area contributed by atoms with Crippen LogP contribution in [0.3, 0.4) is 0 Å². The normalized spacial score (nSPS) is 10.9. The van der Waals surface area contributed by atoms with Crippen LogP contribution >= 0.6 is 0 Å².